The predicted octanol–water partition coefficient (Wildman–Crippen LogP) is 1.18. The van der Waals surface area contributed by atoms with Crippen molar-refractivity contribution in [3.05, 3.63) is 58.8 Å². The van der Waals surface area contributed by atoms with Gasteiger partial charge >= 0.3 is 0 Å². The van der Waals surface area contributed by atoms with Crippen molar-refractivity contribution in [2.24, 2.45) is 0 Å². The molecule has 2 fully saturated rings. The molecule has 10 heteroatoms. The lowest BCUT2D eigenvalue weighted by Crippen LogP contribution is -2.31. The first-order valence-corrected chi connectivity index (χ1v) is 10.1. The Labute approximate surface area is 177 Å². The number of rotatable bonds is 6. The van der Waals surface area contributed by atoms with Crippen molar-refractivity contribution in [1.82, 2.24) is 19.3 Å². The van der Waals surface area contributed by atoms with E-state index in [1.165, 1.54) is 11.0 Å². The van der Waals surface area contributed by atoms with Crippen LogP contribution in [0, 0.1) is 0 Å². The first-order chi connectivity index (χ1) is 15.0. The van der Waals surface area contributed by atoms with Crippen LogP contribution in [-0.2, 0) is 32.3 Å². The summed E-state index contributed by atoms with van der Waals surface area (Å²) in [4.78, 5) is 17.1. The average molecular weight is 428 g/mol. The van der Waals surface area contributed by atoms with Gasteiger partial charge in [0.15, 0.2) is 17.5 Å². The maximum Gasteiger partial charge on any atom is 0.297 e. The van der Waals surface area contributed by atoms with Crippen LogP contribution in [0.25, 0.3) is 11.0 Å². The van der Waals surface area contributed by atoms with Crippen LogP contribution in [0.2, 0.25) is 0 Å². The normalized spacial score (nSPS) is 27.1. The van der Waals surface area contributed by atoms with Gasteiger partial charge in [-0.1, -0.05) is 30.3 Å². The van der Waals surface area contributed by atoms with E-state index in [2.05, 4.69) is 10.1 Å². The molecular weight excluding hydrogens is 404 g/mol. The summed E-state index contributed by atoms with van der Waals surface area (Å²) in [7, 11) is 0. The van der Waals surface area contributed by atoms with E-state index >= 15 is 0 Å². The second-order valence-electron chi connectivity index (χ2n) is 8.11. The van der Waals surface area contributed by atoms with Crippen LogP contribution in [0.3, 0.4) is 0 Å². The van der Waals surface area contributed by atoms with E-state index in [0.29, 0.717) is 12.1 Å². The minimum absolute atomic E-state index is 0.0128. The second kappa shape index (κ2) is 7.81. The van der Waals surface area contributed by atoms with E-state index in [4.69, 9.17) is 18.9 Å². The van der Waals surface area contributed by atoms with Crippen LogP contribution in [0.5, 0.6) is 0 Å². The first kappa shape index (κ1) is 20.3. The molecule has 2 aliphatic rings. The van der Waals surface area contributed by atoms with Gasteiger partial charge in [0.25, 0.3) is 5.56 Å². The Kier molecular flexibility index (Phi) is 5.11. The molecule has 0 amide bonds. The molecule has 0 unspecified atom stereocenters. The summed E-state index contributed by atoms with van der Waals surface area (Å²) in [6.07, 6.45) is 1.10. The summed E-state index contributed by atoms with van der Waals surface area (Å²) in [6.45, 7) is 3.82. The smallest absolute Gasteiger partial charge is 0.297 e. The van der Waals surface area contributed by atoms with Gasteiger partial charge in [-0.3, -0.25) is 9.36 Å². The maximum absolute atomic E-state index is 12.9. The van der Waals surface area contributed by atoms with E-state index in [-0.39, 0.29) is 24.4 Å². The summed E-state index contributed by atoms with van der Waals surface area (Å²) in [5.74, 6) is -0.789. The fourth-order valence-electron chi connectivity index (χ4n) is 4.11. The minimum atomic E-state index is -0.789. The van der Waals surface area contributed by atoms with Gasteiger partial charge in [0.1, 0.15) is 25.0 Å². The number of aliphatic hydroxyl groups is 1. The number of ether oxygens (including phenoxy) is 4. The Bertz CT molecular complexity index is 1130. The van der Waals surface area contributed by atoms with Crippen molar-refractivity contribution >= 4 is 11.0 Å². The molecule has 0 spiro atoms. The fraction of sp³-hybridized carbons (Fsp3) is 0.476. The standard InChI is InChI=1S/C21H24N4O6/c1-21(2)30-17-15(9-26)29-20(18(17)31-21)24-11-22-16-14(24)8-23-25(19(16)27)12-28-10-13-6-4-3-5-7-13/h3-8,11,15,17-18,20,26H,9-10,12H2,1-2H3/t15-,17-,18-,20-/m1/s1. The Balaban J connectivity index is 1.38. The summed E-state index contributed by atoms with van der Waals surface area (Å²) in [5.41, 5.74) is 1.42. The molecule has 164 valence electrons. The number of fused-ring (bicyclic) bond motifs is 2. The lowest BCUT2D eigenvalue weighted by atomic mass is 10.1. The molecule has 2 aromatic heterocycles. The van der Waals surface area contributed by atoms with Gasteiger partial charge in [-0.15, -0.1) is 0 Å². The number of benzene rings is 1. The van der Waals surface area contributed by atoms with Crippen LogP contribution in [0.4, 0.5) is 0 Å². The molecule has 0 saturated carbocycles. The zero-order valence-corrected chi connectivity index (χ0v) is 17.2. The van der Waals surface area contributed by atoms with Crippen LogP contribution in [-0.4, -0.2) is 55.1 Å². The fourth-order valence-corrected chi connectivity index (χ4v) is 4.11. The van der Waals surface area contributed by atoms with Crippen LogP contribution in [0.1, 0.15) is 25.6 Å². The first-order valence-electron chi connectivity index (χ1n) is 10.1. The molecule has 0 bridgehead atoms. The van der Waals surface area contributed by atoms with Crippen LogP contribution in [0.15, 0.2) is 47.7 Å². The third kappa shape index (κ3) is 3.66. The van der Waals surface area contributed by atoms with Crippen molar-refractivity contribution in [3.63, 3.8) is 0 Å². The summed E-state index contributed by atoms with van der Waals surface area (Å²) >= 11 is 0. The van der Waals surface area contributed by atoms with E-state index in [1.54, 1.807) is 10.8 Å². The highest BCUT2D eigenvalue weighted by atomic mass is 16.8. The summed E-state index contributed by atoms with van der Waals surface area (Å²) in [6, 6.07) is 9.69. The molecule has 2 aliphatic heterocycles. The molecule has 0 aliphatic carbocycles. The van der Waals surface area contributed by atoms with Crippen molar-refractivity contribution in [2.75, 3.05) is 6.61 Å². The third-order valence-corrected chi connectivity index (χ3v) is 5.49. The van der Waals surface area contributed by atoms with Crippen molar-refractivity contribution in [3.8, 4) is 0 Å². The van der Waals surface area contributed by atoms with Gasteiger partial charge in [-0.2, -0.15) is 5.10 Å². The lowest BCUT2D eigenvalue weighted by molar-refractivity contribution is -0.199. The quantitative estimate of drug-likeness (QED) is 0.623. The van der Waals surface area contributed by atoms with Crippen molar-refractivity contribution < 1.29 is 24.1 Å². The van der Waals surface area contributed by atoms with Gasteiger partial charge in [0, 0.05) is 0 Å². The average Bonchev–Trinajstić information content (AvgIpc) is 3.41. The molecule has 3 aromatic rings. The Morgan fingerprint density at radius 2 is 1.97 bits per heavy atom. The van der Waals surface area contributed by atoms with Crippen LogP contribution < -0.4 is 5.56 Å². The Hall–Kier alpha value is -2.63. The van der Waals surface area contributed by atoms with Gasteiger partial charge in [0.2, 0.25) is 0 Å². The number of nitrogens with zero attached hydrogens (tertiary/aromatic N) is 4. The summed E-state index contributed by atoms with van der Waals surface area (Å²) in [5, 5.41) is 13.9. The van der Waals surface area contributed by atoms with Crippen molar-refractivity contribution in [1.29, 1.82) is 0 Å². The van der Waals surface area contributed by atoms with E-state index in [9.17, 15) is 9.90 Å². The molecule has 1 N–H and O–H groups in total. The number of hydrogen-bond acceptors (Lipinski definition) is 8. The molecule has 1 aromatic carbocycles. The zero-order chi connectivity index (χ0) is 21.6. The number of hydrogen-bond donors (Lipinski definition) is 1. The maximum atomic E-state index is 12.9. The molecule has 31 heavy (non-hydrogen) atoms. The summed E-state index contributed by atoms with van der Waals surface area (Å²) < 4.78 is 26.4. The molecule has 5 rings (SSSR count). The predicted molar refractivity (Wildman–Crippen MR) is 108 cm³/mol. The van der Waals surface area contributed by atoms with Gasteiger partial charge in [-0.05, 0) is 19.4 Å². The van der Waals surface area contributed by atoms with Gasteiger partial charge < -0.3 is 24.1 Å². The van der Waals surface area contributed by atoms with Crippen LogP contribution >= 0.6 is 0 Å². The molecule has 4 atom stereocenters. The van der Waals surface area contributed by atoms with E-state index in [0.717, 1.165) is 5.56 Å². The SMILES string of the molecule is CC1(C)O[C@@H]2[C@H](O1)[C@@H](CO)O[C@H]2n1cnc2c(=O)n(COCc3ccccc3)ncc21. The monoisotopic (exact) mass is 428 g/mol. The van der Waals surface area contributed by atoms with E-state index < -0.39 is 30.3 Å². The highest BCUT2D eigenvalue weighted by Crippen LogP contribution is 2.43. The highest BCUT2D eigenvalue weighted by Gasteiger charge is 2.55. The lowest BCUT2D eigenvalue weighted by Gasteiger charge is -2.24. The highest BCUT2D eigenvalue weighted by molar-refractivity contribution is 5.73. The van der Waals surface area contributed by atoms with Crippen molar-refractivity contribution in [2.45, 2.75) is 57.5 Å². The number of aliphatic hydroxyl groups excluding tert-OH is 1. The number of imidazole rings is 1. The molecule has 2 saturated heterocycles. The number of aromatic nitrogens is 4. The van der Waals surface area contributed by atoms with Gasteiger partial charge in [-0.25, -0.2) is 9.67 Å². The second-order valence-corrected chi connectivity index (χ2v) is 8.11. The minimum Gasteiger partial charge on any atom is -0.394 e. The zero-order valence-electron chi connectivity index (χ0n) is 17.2. The molecular formula is C21H24N4O6. The van der Waals surface area contributed by atoms with E-state index in [1.807, 2.05) is 44.2 Å². The molecule has 10 nitrogen and oxygen atoms in total. The molecule has 0 radical (unpaired) electrons. The third-order valence-electron chi connectivity index (χ3n) is 5.49. The Morgan fingerprint density at radius 3 is 2.74 bits per heavy atom. The molecule has 4 heterocycles. The Morgan fingerprint density at radius 1 is 1.19 bits per heavy atom. The topological polar surface area (TPSA) is 110 Å². The largest absolute Gasteiger partial charge is 0.394 e. The van der Waals surface area contributed by atoms with Gasteiger partial charge in [0.05, 0.1) is 31.3 Å².